The molecular weight excluding hydrogens is 238 g/mol. The van der Waals surface area contributed by atoms with Crippen molar-refractivity contribution in [3.63, 3.8) is 0 Å². The van der Waals surface area contributed by atoms with Gasteiger partial charge in [-0.2, -0.15) is 0 Å². The SMILES string of the molecule is CC(C)NC(=O)CCn1ccc(CNC(C)(C)C)c1. The second-order valence-electron chi connectivity index (χ2n) is 6.33. The first kappa shape index (κ1) is 15.8. The lowest BCUT2D eigenvalue weighted by molar-refractivity contribution is -0.121. The zero-order valence-electron chi connectivity index (χ0n) is 12.8. The molecule has 0 aliphatic rings. The molecular formula is C15H27N3O. The Morgan fingerprint density at radius 2 is 2.05 bits per heavy atom. The molecule has 1 rings (SSSR count). The van der Waals surface area contributed by atoms with Crippen LogP contribution >= 0.6 is 0 Å². The number of rotatable bonds is 6. The van der Waals surface area contributed by atoms with E-state index in [9.17, 15) is 4.79 Å². The molecule has 19 heavy (non-hydrogen) atoms. The molecule has 0 spiro atoms. The average Bonchev–Trinajstić information content (AvgIpc) is 2.69. The summed E-state index contributed by atoms with van der Waals surface area (Å²) >= 11 is 0. The normalized spacial score (nSPS) is 11.9. The highest BCUT2D eigenvalue weighted by Crippen LogP contribution is 2.06. The van der Waals surface area contributed by atoms with Gasteiger partial charge in [-0.3, -0.25) is 4.79 Å². The van der Waals surface area contributed by atoms with Crippen LogP contribution in [0.5, 0.6) is 0 Å². The summed E-state index contributed by atoms with van der Waals surface area (Å²) < 4.78 is 2.07. The molecule has 4 nitrogen and oxygen atoms in total. The first-order chi connectivity index (χ1) is 8.76. The Balaban J connectivity index is 2.36. The predicted molar refractivity (Wildman–Crippen MR) is 78.9 cm³/mol. The van der Waals surface area contributed by atoms with Crippen molar-refractivity contribution in [1.82, 2.24) is 15.2 Å². The third-order valence-electron chi connectivity index (χ3n) is 2.68. The van der Waals surface area contributed by atoms with Crippen LogP contribution in [-0.4, -0.2) is 22.1 Å². The van der Waals surface area contributed by atoms with E-state index in [4.69, 9.17) is 0 Å². The number of hydrogen-bond donors (Lipinski definition) is 2. The minimum Gasteiger partial charge on any atom is -0.354 e. The van der Waals surface area contributed by atoms with E-state index in [1.807, 2.05) is 20.0 Å². The summed E-state index contributed by atoms with van der Waals surface area (Å²) in [5.74, 6) is 0.109. The highest BCUT2D eigenvalue weighted by Gasteiger charge is 2.09. The molecule has 0 atom stereocenters. The molecule has 1 heterocycles. The van der Waals surface area contributed by atoms with Gasteiger partial charge >= 0.3 is 0 Å². The van der Waals surface area contributed by atoms with Crippen molar-refractivity contribution in [2.45, 2.75) is 65.7 Å². The van der Waals surface area contributed by atoms with Gasteiger partial charge in [-0.15, -0.1) is 0 Å². The molecule has 0 saturated carbocycles. The monoisotopic (exact) mass is 265 g/mol. The zero-order valence-corrected chi connectivity index (χ0v) is 12.8. The van der Waals surface area contributed by atoms with Crippen molar-refractivity contribution < 1.29 is 4.79 Å². The summed E-state index contributed by atoms with van der Waals surface area (Å²) in [6, 6.07) is 2.31. The second kappa shape index (κ2) is 6.75. The van der Waals surface area contributed by atoms with E-state index < -0.39 is 0 Å². The van der Waals surface area contributed by atoms with Crippen LogP contribution < -0.4 is 10.6 Å². The van der Waals surface area contributed by atoms with Gasteiger partial charge in [0.2, 0.25) is 5.91 Å². The Kier molecular flexibility index (Phi) is 5.60. The first-order valence-electron chi connectivity index (χ1n) is 6.95. The summed E-state index contributed by atoms with van der Waals surface area (Å²) in [6.07, 6.45) is 4.66. The maximum atomic E-state index is 11.6. The lowest BCUT2D eigenvalue weighted by atomic mass is 10.1. The summed E-state index contributed by atoms with van der Waals surface area (Å²) in [7, 11) is 0. The highest BCUT2D eigenvalue weighted by atomic mass is 16.1. The summed E-state index contributed by atoms with van der Waals surface area (Å²) in [4.78, 5) is 11.6. The molecule has 0 radical (unpaired) electrons. The minimum absolute atomic E-state index is 0.109. The third-order valence-corrected chi connectivity index (χ3v) is 2.68. The summed E-state index contributed by atoms with van der Waals surface area (Å²) in [5, 5.41) is 6.35. The van der Waals surface area contributed by atoms with Gasteiger partial charge in [0.05, 0.1) is 0 Å². The van der Waals surface area contributed by atoms with Gasteiger partial charge in [0.25, 0.3) is 0 Å². The molecule has 1 amide bonds. The predicted octanol–water partition coefficient (Wildman–Crippen LogP) is 2.29. The van der Waals surface area contributed by atoms with E-state index in [0.29, 0.717) is 6.42 Å². The Bertz CT molecular complexity index is 402. The van der Waals surface area contributed by atoms with E-state index in [1.54, 1.807) is 0 Å². The van der Waals surface area contributed by atoms with Crippen LogP contribution in [0.25, 0.3) is 0 Å². The van der Waals surface area contributed by atoms with Gasteiger partial charge in [-0.25, -0.2) is 0 Å². The van der Waals surface area contributed by atoms with Gasteiger partial charge in [-0.05, 0) is 46.2 Å². The topological polar surface area (TPSA) is 46.1 Å². The maximum Gasteiger partial charge on any atom is 0.221 e. The number of aromatic nitrogens is 1. The number of carbonyl (C=O) groups is 1. The zero-order chi connectivity index (χ0) is 14.5. The van der Waals surface area contributed by atoms with Gasteiger partial charge in [0.1, 0.15) is 0 Å². The quantitative estimate of drug-likeness (QED) is 0.829. The van der Waals surface area contributed by atoms with Crippen LogP contribution in [0.2, 0.25) is 0 Å². The molecule has 0 saturated heterocycles. The van der Waals surface area contributed by atoms with Gasteiger partial charge in [0, 0.05) is 43.5 Å². The fourth-order valence-corrected chi connectivity index (χ4v) is 1.73. The molecule has 0 aromatic carbocycles. The second-order valence-corrected chi connectivity index (χ2v) is 6.33. The fourth-order valence-electron chi connectivity index (χ4n) is 1.73. The largest absolute Gasteiger partial charge is 0.354 e. The highest BCUT2D eigenvalue weighted by molar-refractivity contribution is 5.76. The lowest BCUT2D eigenvalue weighted by Gasteiger charge is -2.19. The number of carbonyl (C=O) groups excluding carboxylic acids is 1. The number of aryl methyl sites for hydroxylation is 1. The van der Waals surface area contributed by atoms with Crippen LogP contribution in [0.15, 0.2) is 18.5 Å². The lowest BCUT2D eigenvalue weighted by Crippen LogP contribution is -2.34. The van der Waals surface area contributed by atoms with E-state index in [0.717, 1.165) is 13.1 Å². The molecule has 0 fully saturated rings. The van der Waals surface area contributed by atoms with Crippen LogP contribution in [-0.2, 0) is 17.9 Å². The summed E-state index contributed by atoms with van der Waals surface area (Å²) in [6.45, 7) is 12.0. The first-order valence-corrected chi connectivity index (χ1v) is 6.95. The maximum absolute atomic E-state index is 11.6. The van der Waals surface area contributed by atoms with Crippen molar-refractivity contribution >= 4 is 5.91 Å². The van der Waals surface area contributed by atoms with Crippen molar-refractivity contribution in [3.8, 4) is 0 Å². The van der Waals surface area contributed by atoms with Gasteiger partial charge < -0.3 is 15.2 Å². The Labute approximate surface area is 116 Å². The van der Waals surface area contributed by atoms with Crippen LogP contribution in [0.3, 0.4) is 0 Å². The molecule has 1 aromatic heterocycles. The van der Waals surface area contributed by atoms with Crippen molar-refractivity contribution in [2.75, 3.05) is 0 Å². The van der Waals surface area contributed by atoms with E-state index >= 15 is 0 Å². The van der Waals surface area contributed by atoms with Crippen LogP contribution in [0.4, 0.5) is 0 Å². The minimum atomic E-state index is 0.109. The van der Waals surface area contributed by atoms with E-state index in [-0.39, 0.29) is 17.5 Å². The summed E-state index contributed by atoms with van der Waals surface area (Å²) in [5.41, 5.74) is 1.37. The Morgan fingerprint density at radius 1 is 1.37 bits per heavy atom. The van der Waals surface area contributed by atoms with Gasteiger partial charge in [-0.1, -0.05) is 0 Å². The standard InChI is InChI=1S/C15H27N3O/c1-12(2)17-14(19)7-9-18-8-6-13(11-18)10-16-15(3,4)5/h6,8,11-12,16H,7,9-10H2,1-5H3,(H,17,19). The molecule has 1 aromatic rings. The number of hydrogen-bond acceptors (Lipinski definition) is 2. The fraction of sp³-hybridized carbons (Fsp3) is 0.667. The smallest absolute Gasteiger partial charge is 0.221 e. The molecule has 108 valence electrons. The molecule has 2 N–H and O–H groups in total. The molecule has 4 heteroatoms. The molecule has 0 bridgehead atoms. The Morgan fingerprint density at radius 3 is 2.63 bits per heavy atom. The third kappa shape index (κ3) is 7.01. The molecule has 0 aliphatic carbocycles. The Hall–Kier alpha value is -1.29. The van der Waals surface area contributed by atoms with E-state index in [2.05, 4.69) is 48.2 Å². The van der Waals surface area contributed by atoms with Crippen molar-refractivity contribution in [2.24, 2.45) is 0 Å². The van der Waals surface area contributed by atoms with Crippen LogP contribution in [0, 0.1) is 0 Å². The van der Waals surface area contributed by atoms with Crippen molar-refractivity contribution in [3.05, 3.63) is 24.0 Å². The number of nitrogens with one attached hydrogen (secondary N) is 2. The number of amides is 1. The van der Waals surface area contributed by atoms with Crippen molar-refractivity contribution in [1.29, 1.82) is 0 Å². The number of nitrogens with zero attached hydrogens (tertiary/aromatic N) is 1. The molecule has 0 aliphatic heterocycles. The van der Waals surface area contributed by atoms with Gasteiger partial charge in [0.15, 0.2) is 0 Å². The average molecular weight is 265 g/mol. The van der Waals surface area contributed by atoms with E-state index in [1.165, 1.54) is 5.56 Å². The molecule has 0 unspecified atom stereocenters. The van der Waals surface area contributed by atoms with Crippen LogP contribution in [0.1, 0.15) is 46.6 Å².